The second kappa shape index (κ2) is 8.62. The van der Waals surface area contributed by atoms with Gasteiger partial charge < -0.3 is 5.32 Å². The summed E-state index contributed by atoms with van der Waals surface area (Å²) >= 11 is 0. The van der Waals surface area contributed by atoms with Gasteiger partial charge >= 0.3 is 0 Å². The van der Waals surface area contributed by atoms with Gasteiger partial charge in [0.15, 0.2) is 0 Å². The van der Waals surface area contributed by atoms with Gasteiger partial charge in [0, 0.05) is 23.9 Å². The van der Waals surface area contributed by atoms with Gasteiger partial charge in [-0.3, -0.25) is 9.59 Å². The highest BCUT2D eigenvalue weighted by Gasteiger charge is 2.21. The van der Waals surface area contributed by atoms with Crippen LogP contribution in [0.1, 0.15) is 58.4 Å². The lowest BCUT2D eigenvalue weighted by molar-refractivity contribution is -0.122. The highest BCUT2D eigenvalue weighted by atomic mass is 16.2. The third-order valence-electron chi connectivity index (χ3n) is 4.35. The first-order valence-electron chi connectivity index (χ1n) is 8.82. The molecule has 1 aliphatic heterocycles. The van der Waals surface area contributed by atoms with Gasteiger partial charge in [-0.05, 0) is 30.5 Å². The van der Waals surface area contributed by atoms with Crippen molar-refractivity contribution >= 4 is 23.2 Å². The second-order valence-corrected chi connectivity index (χ2v) is 6.48. The Balaban J connectivity index is 2.04. The van der Waals surface area contributed by atoms with Crippen molar-refractivity contribution in [2.75, 3.05) is 5.32 Å². The normalized spacial score (nSPS) is 17.4. The Morgan fingerprint density at radius 1 is 1.25 bits per heavy atom. The van der Waals surface area contributed by atoms with Gasteiger partial charge in [-0.25, -0.2) is 5.43 Å². The molecule has 5 heteroatoms. The van der Waals surface area contributed by atoms with E-state index in [1.807, 2.05) is 31.2 Å². The van der Waals surface area contributed by atoms with Crippen LogP contribution in [0.25, 0.3) is 0 Å². The largest absolute Gasteiger partial charge is 0.326 e. The molecule has 0 saturated heterocycles. The summed E-state index contributed by atoms with van der Waals surface area (Å²) in [4.78, 5) is 23.7. The Bertz CT molecular complexity index is 602. The minimum Gasteiger partial charge on any atom is -0.326 e. The van der Waals surface area contributed by atoms with E-state index in [9.17, 15) is 9.59 Å². The van der Waals surface area contributed by atoms with E-state index in [4.69, 9.17) is 0 Å². The highest BCUT2D eigenvalue weighted by molar-refractivity contribution is 6.06. The van der Waals surface area contributed by atoms with Gasteiger partial charge in [-0.1, -0.05) is 45.7 Å². The molecule has 0 aliphatic carbocycles. The van der Waals surface area contributed by atoms with Crippen molar-refractivity contribution < 1.29 is 9.59 Å². The topological polar surface area (TPSA) is 70.6 Å². The van der Waals surface area contributed by atoms with Crippen molar-refractivity contribution in [2.24, 2.45) is 16.9 Å². The van der Waals surface area contributed by atoms with Crippen LogP contribution in [0.5, 0.6) is 0 Å². The Morgan fingerprint density at radius 2 is 1.88 bits per heavy atom. The summed E-state index contributed by atoms with van der Waals surface area (Å²) in [6.07, 6.45) is 4.32. The van der Waals surface area contributed by atoms with E-state index in [0.29, 0.717) is 6.42 Å². The standard InChI is InChI=1S/C19H27N3O2/c1-4-6-15(7-5-2)19(24)20-16-10-8-14(9-11-16)18-13(3)12-17(23)21-22-18/h8-11,13,15H,4-7,12H2,1-3H3,(H,20,24)(H,21,23). The molecule has 1 aromatic carbocycles. The fraction of sp³-hybridized carbons (Fsp3) is 0.526. The number of anilines is 1. The Morgan fingerprint density at radius 3 is 2.42 bits per heavy atom. The molecule has 0 aromatic heterocycles. The average molecular weight is 329 g/mol. The Labute approximate surface area is 143 Å². The number of hydrazone groups is 1. The molecule has 0 saturated carbocycles. The first-order chi connectivity index (χ1) is 11.5. The van der Waals surface area contributed by atoms with Crippen molar-refractivity contribution in [1.29, 1.82) is 0 Å². The van der Waals surface area contributed by atoms with Crippen LogP contribution >= 0.6 is 0 Å². The first kappa shape index (κ1) is 18.2. The van der Waals surface area contributed by atoms with Crippen molar-refractivity contribution in [1.82, 2.24) is 5.43 Å². The van der Waals surface area contributed by atoms with Crippen molar-refractivity contribution in [3.05, 3.63) is 29.8 Å². The van der Waals surface area contributed by atoms with E-state index in [2.05, 4.69) is 29.7 Å². The van der Waals surface area contributed by atoms with Crippen LogP contribution in [-0.2, 0) is 9.59 Å². The maximum Gasteiger partial charge on any atom is 0.240 e. The minimum atomic E-state index is -0.0481. The molecule has 1 heterocycles. The molecule has 1 aromatic rings. The molecule has 0 spiro atoms. The predicted octanol–water partition coefficient (Wildman–Crippen LogP) is 3.70. The lowest BCUT2D eigenvalue weighted by atomic mass is 9.94. The first-order valence-corrected chi connectivity index (χ1v) is 8.82. The summed E-state index contributed by atoms with van der Waals surface area (Å²) in [6, 6.07) is 7.68. The maximum absolute atomic E-state index is 12.4. The number of nitrogens with one attached hydrogen (secondary N) is 2. The average Bonchev–Trinajstić information content (AvgIpc) is 2.55. The molecule has 2 amide bonds. The van der Waals surface area contributed by atoms with Gasteiger partial charge in [0.2, 0.25) is 11.8 Å². The molecule has 1 unspecified atom stereocenters. The van der Waals surface area contributed by atoms with Gasteiger partial charge in [-0.15, -0.1) is 0 Å². The summed E-state index contributed by atoms with van der Waals surface area (Å²) in [6.45, 7) is 6.21. The molecule has 2 rings (SSSR count). The third kappa shape index (κ3) is 4.66. The number of nitrogens with zero attached hydrogens (tertiary/aromatic N) is 1. The van der Waals surface area contributed by atoms with Crippen LogP contribution in [0.2, 0.25) is 0 Å². The van der Waals surface area contributed by atoms with E-state index < -0.39 is 0 Å². The van der Waals surface area contributed by atoms with Crippen LogP contribution in [0.4, 0.5) is 5.69 Å². The zero-order chi connectivity index (χ0) is 17.5. The fourth-order valence-corrected chi connectivity index (χ4v) is 3.07. The summed E-state index contributed by atoms with van der Waals surface area (Å²) in [5.41, 5.74) is 5.18. The number of hydrogen-bond donors (Lipinski definition) is 2. The molecule has 0 fully saturated rings. The van der Waals surface area contributed by atoms with Crippen molar-refractivity contribution in [2.45, 2.75) is 52.9 Å². The van der Waals surface area contributed by atoms with Crippen molar-refractivity contribution in [3.63, 3.8) is 0 Å². The number of amides is 2. The van der Waals surface area contributed by atoms with Gasteiger partial charge in [0.1, 0.15) is 0 Å². The summed E-state index contributed by atoms with van der Waals surface area (Å²) in [7, 11) is 0. The van der Waals surface area contributed by atoms with Crippen LogP contribution < -0.4 is 10.7 Å². The lowest BCUT2D eigenvalue weighted by Crippen LogP contribution is -2.31. The molecular formula is C19H27N3O2. The van der Waals surface area contributed by atoms with Crippen LogP contribution in [0, 0.1) is 11.8 Å². The zero-order valence-electron chi connectivity index (χ0n) is 14.8. The monoisotopic (exact) mass is 329 g/mol. The van der Waals surface area contributed by atoms with E-state index in [1.165, 1.54) is 0 Å². The number of benzene rings is 1. The molecule has 2 N–H and O–H groups in total. The Kier molecular flexibility index (Phi) is 6.53. The predicted molar refractivity (Wildman–Crippen MR) is 96.8 cm³/mol. The van der Waals surface area contributed by atoms with Gasteiger partial charge in [0.05, 0.1) is 5.71 Å². The molecule has 1 atom stereocenters. The van der Waals surface area contributed by atoms with Crippen LogP contribution in [0.15, 0.2) is 29.4 Å². The van der Waals surface area contributed by atoms with Crippen molar-refractivity contribution in [3.8, 4) is 0 Å². The SMILES string of the molecule is CCCC(CCC)C(=O)Nc1ccc(C2=NNC(=O)CC2C)cc1. The number of hydrogen-bond acceptors (Lipinski definition) is 3. The summed E-state index contributed by atoms with van der Waals surface area (Å²) < 4.78 is 0. The fourth-order valence-electron chi connectivity index (χ4n) is 3.07. The number of rotatable bonds is 7. The van der Waals surface area contributed by atoms with E-state index in [0.717, 1.165) is 42.6 Å². The maximum atomic E-state index is 12.4. The third-order valence-corrected chi connectivity index (χ3v) is 4.35. The molecule has 130 valence electrons. The molecule has 5 nitrogen and oxygen atoms in total. The van der Waals surface area contributed by atoms with E-state index in [-0.39, 0.29) is 23.7 Å². The van der Waals surface area contributed by atoms with Crippen LogP contribution in [0.3, 0.4) is 0 Å². The molecule has 1 aliphatic rings. The molecule has 24 heavy (non-hydrogen) atoms. The molecule has 0 radical (unpaired) electrons. The second-order valence-electron chi connectivity index (χ2n) is 6.48. The van der Waals surface area contributed by atoms with E-state index in [1.54, 1.807) is 0 Å². The quantitative estimate of drug-likeness (QED) is 0.800. The molecular weight excluding hydrogens is 302 g/mol. The summed E-state index contributed by atoms with van der Waals surface area (Å²) in [5, 5.41) is 7.17. The smallest absolute Gasteiger partial charge is 0.240 e. The van der Waals surface area contributed by atoms with Gasteiger partial charge in [-0.2, -0.15) is 5.10 Å². The zero-order valence-corrected chi connectivity index (χ0v) is 14.8. The van der Waals surface area contributed by atoms with Gasteiger partial charge in [0.25, 0.3) is 0 Å². The Hall–Kier alpha value is -2.17. The minimum absolute atomic E-state index is 0.0481. The number of carbonyl (C=O) groups excluding carboxylic acids is 2. The van der Waals surface area contributed by atoms with E-state index >= 15 is 0 Å². The lowest BCUT2D eigenvalue weighted by Gasteiger charge is -2.19. The van der Waals surface area contributed by atoms with Crippen LogP contribution in [-0.4, -0.2) is 17.5 Å². The number of carbonyl (C=O) groups is 2. The highest BCUT2D eigenvalue weighted by Crippen LogP contribution is 2.20. The molecule has 0 bridgehead atoms. The summed E-state index contributed by atoms with van der Waals surface area (Å²) in [5.74, 6) is 0.227.